The van der Waals surface area contributed by atoms with E-state index in [0.29, 0.717) is 0 Å². The summed E-state index contributed by atoms with van der Waals surface area (Å²) in [6.45, 7) is 21.3. The molecular formula is C51H54N2. The molecule has 1 aliphatic heterocycles. The molecule has 1 heterocycles. The van der Waals surface area contributed by atoms with Gasteiger partial charge in [-0.3, -0.25) is 4.99 Å². The van der Waals surface area contributed by atoms with E-state index in [0.717, 1.165) is 65.8 Å². The summed E-state index contributed by atoms with van der Waals surface area (Å²) in [5.74, 6) is 0. The van der Waals surface area contributed by atoms with Gasteiger partial charge < -0.3 is 5.32 Å². The Bertz CT molecular complexity index is 2090. The molecule has 0 fully saturated rings. The van der Waals surface area contributed by atoms with Crippen molar-refractivity contribution in [1.29, 1.82) is 0 Å². The van der Waals surface area contributed by atoms with Crippen molar-refractivity contribution in [3.63, 3.8) is 0 Å². The van der Waals surface area contributed by atoms with Crippen LogP contribution in [-0.2, 0) is 0 Å². The molecule has 53 heavy (non-hydrogen) atoms. The number of aliphatic imine (C=N–C) groups is 1. The Kier molecular flexibility index (Phi) is 13.9. The van der Waals surface area contributed by atoms with Crippen LogP contribution in [0.15, 0.2) is 215 Å². The Morgan fingerprint density at radius 3 is 2.57 bits per heavy atom. The van der Waals surface area contributed by atoms with E-state index in [1.54, 1.807) is 6.08 Å². The molecule has 2 heteroatoms. The highest BCUT2D eigenvalue weighted by atomic mass is 15.1. The predicted molar refractivity (Wildman–Crippen MR) is 232 cm³/mol. The van der Waals surface area contributed by atoms with Gasteiger partial charge in [-0.05, 0) is 120 Å². The lowest BCUT2D eigenvalue weighted by molar-refractivity contribution is 0.629. The van der Waals surface area contributed by atoms with E-state index in [4.69, 9.17) is 4.99 Å². The van der Waals surface area contributed by atoms with Crippen molar-refractivity contribution < 1.29 is 0 Å². The van der Waals surface area contributed by atoms with E-state index in [2.05, 4.69) is 168 Å². The first kappa shape index (κ1) is 38.5. The van der Waals surface area contributed by atoms with Gasteiger partial charge in [0.15, 0.2) is 0 Å². The smallest absolute Gasteiger partial charge is 0.122 e. The third kappa shape index (κ3) is 10.4. The van der Waals surface area contributed by atoms with Crippen molar-refractivity contribution in [2.75, 3.05) is 0 Å². The maximum Gasteiger partial charge on any atom is 0.122 e. The standard InChI is InChI=1S/C51H54N2/c1-8-10-11-12-19-33-51-52-49(43-26-16-14-17-27-43)36-50(53-51)45-29-21-28-44(35-45)42(9-2)34-40(6)41(7)37(3)24-20-25-39(5)47-32-22-31-46-38(4)23-15-13-18-30-48(46)47/h8,10-21,23-29,31,34-36,51-52H,1,3-4,9,22,30,32-33H2,2,5-7H3/b11-10-,18-13-,19-12-,23-15-,24-20-,39-25+,41-40+,42-34+. The second-order valence-corrected chi connectivity index (χ2v) is 13.7. The van der Waals surface area contributed by atoms with Crippen molar-refractivity contribution >= 4 is 17.0 Å². The summed E-state index contributed by atoms with van der Waals surface area (Å²) in [6.07, 6.45) is 36.5. The highest BCUT2D eigenvalue weighted by Gasteiger charge is 2.19. The Labute approximate surface area is 318 Å². The molecule has 2 nitrogen and oxygen atoms in total. The van der Waals surface area contributed by atoms with Gasteiger partial charge in [0.1, 0.15) is 6.17 Å². The average molecular weight is 695 g/mol. The number of nitrogens with one attached hydrogen (secondary N) is 1. The fraction of sp³-hybridized carbons (Fsp3) is 0.196. The number of rotatable bonds is 13. The molecule has 0 spiro atoms. The van der Waals surface area contributed by atoms with Crippen LogP contribution in [0.5, 0.6) is 0 Å². The Balaban J connectivity index is 1.36. The van der Waals surface area contributed by atoms with Crippen LogP contribution in [0.3, 0.4) is 0 Å². The van der Waals surface area contributed by atoms with Crippen LogP contribution in [0.1, 0.15) is 76.5 Å². The minimum Gasteiger partial charge on any atom is -0.363 e. The van der Waals surface area contributed by atoms with E-state index in [1.807, 2.05) is 24.3 Å². The largest absolute Gasteiger partial charge is 0.363 e. The first-order valence-corrected chi connectivity index (χ1v) is 18.8. The van der Waals surface area contributed by atoms with Gasteiger partial charge in [-0.15, -0.1) is 0 Å². The van der Waals surface area contributed by atoms with Crippen LogP contribution in [0.2, 0.25) is 0 Å². The molecule has 2 aromatic carbocycles. The van der Waals surface area contributed by atoms with E-state index in [9.17, 15) is 0 Å². The molecule has 3 aliphatic rings. The highest BCUT2D eigenvalue weighted by Crippen LogP contribution is 2.36. The third-order valence-corrected chi connectivity index (χ3v) is 9.97. The summed E-state index contributed by atoms with van der Waals surface area (Å²) in [6, 6.07) is 19.3. The zero-order valence-electron chi connectivity index (χ0n) is 32.0. The average Bonchev–Trinajstić information content (AvgIpc) is 3.18. The van der Waals surface area contributed by atoms with Gasteiger partial charge in [0.2, 0.25) is 0 Å². The van der Waals surface area contributed by atoms with Gasteiger partial charge in [0.25, 0.3) is 0 Å². The van der Waals surface area contributed by atoms with E-state index < -0.39 is 0 Å². The quantitative estimate of drug-likeness (QED) is 0.207. The fourth-order valence-electron chi connectivity index (χ4n) is 6.82. The number of hydrogen-bond donors (Lipinski definition) is 1. The molecule has 0 amide bonds. The van der Waals surface area contributed by atoms with Crippen molar-refractivity contribution in [1.82, 2.24) is 5.32 Å². The normalized spacial score (nSPS) is 19.9. The molecule has 0 saturated carbocycles. The van der Waals surface area contributed by atoms with E-state index >= 15 is 0 Å². The molecule has 0 radical (unpaired) electrons. The number of fused-ring (bicyclic) bond motifs is 1. The Hall–Kier alpha value is -5.73. The number of hydrogen-bond acceptors (Lipinski definition) is 2. The van der Waals surface area contributed by atoms with Crippen LogP contribution in [0.25, 0.3) is 11.3 Å². The summed E-state index contributed by atoms with van der Waals surface area (Å²) < 4.78 is 0. The summed E-state index contributed by atoms with van der Waals surface area (Å²) in [7, 11) is 0. The zero-order chi connectivity index (χ0) is 37.6. The fourth-order valence-corrected chi connectivity index (χ4v) is 6.82. The van der Waals surface area contributed by atoms with E-state index in [1.165, 1.54) is 44.6 Å². The van der Waals surface area contributed by atoms with Crippen molar-refractivity contribution in [2.24, 2.45) is 4.99 Å². The molecule has 0 aromatic heterocycles. The lowest BCUT2D eigenvalue weighted by Gasteiger charge is -2.24. The van der Waals surface area contributed by atoms with Gasteiger partial charge >= 0.3 is 0 Å². The molecular weight excluding hydrogens is 641 g/mol. The van der Waals surface area contributed by atoms with Gasteiger partial charge in [-0.2, -0.15) is 0 Å². The summed E-state index contributed by atoms with van der Waals surface area (Å²) in [4.78, 5) is 5.15. The van der Waals surface area contributed by atoms with Crippen molar-refractivity contribution in [3.8, 4) is 0 Å². The number of nitrogens with zero attached hydrogens (tertiary/aromatic N) is 1. The van der Waals surface area contributed by atoms with Gasteiger partial charge in [0, 0.05) is 17.7 Å². The zero-order valence-corrected chi connectivity index (χ0v) is 32.0. The summed E-state index contributed by atoms with van der Waals surface area (Å²) in [5.41, 5.74) is 16.8. The molecule has 1 unspecified atom stereocenters. The second kappa shape index (κ2) is 19.2. The molecule has 0 saturated heterocycles. The SMILES string of the molecule is C=C/C=C\C=C/CC1N=C(c2cccc(/C(=C/C(C)=C(\C)C(=C)/C=C\C=C(/C)C3=C4C/C=C\C=C/C(=C)C4=CCC3)CC)c2)C=C(c2ccccc2)N1. The van der Waals surface area contributed by atoms with Crippen molar-refractivity contribution in [2.45, 2.75) is 66.0 Å². The Morgan fingerprint density at radius 1 is 0.962 bits per heavy atom. The molecule has 0 bridgehead atoms. The lowest BCUT2D eigenvalue weighted by atomic mass is 9.82. The van der Waals surface area contributed by atoms with Gasteiger partial charge in [-0.1, -0.05) is 160 Å². The summed E-state index contributed by atoms with van der Waals surface area (Å²) >= 11 is 0. The molecule has 2 aliphatic carbocycles. The molecule has 268 valence electrons. The minimum absolute atomic E-state index is 0.0701. The first-order chi connectivity index (χ1) is 25.8. The molecule has 1 N–H and O–H groups in total. The van der Waals surface area contributed by atoms with Crippen LogP contribution < -0.4 is 5.32 Å². The van der Waals surface area contributed by atoms with Crippen LogP contribution in [0, 0.1) is 0 Å². The molecule has 1 atom stereocenters. The third-order valence-electron chi connectivity index (χ3n) is 9.97. The Morgan fingerprint density at radius 2 is 1.77 bits per heavy atom. The van der Waals surface area contributed by atoms with Gasteiger partial charge in [0.05, 0.1) is 5.71 Å². The van der Waals surface area contributed by atoms with Crippen molar-refractivity contribution in [3.05, 3.63) is 227 Å². The minimum atomic E-state index is -0.0701. The maximum absolute atomic E-state index is 5.15. The van der Waals surface area contributed by atoms with Gasteiger partial charge in [-0.25, -0.2) is 0 Å². The maximum atomic E-state index is 5.15. The number of benzene rings is 2. The number of allylic oxidation sites excluding steroid dienone is 23. The first-order valence-electron chi connectivity index (χ1n) is 18.8. The highest BCUT2D eigenvalue weighted by molar-refractivity contribution is 6.13. The lowest BCUT2D eigenvalue weighted by Crippen LogP contribution is -2.30. The molecule has 2 aromatic rings. The van der Waals surface area contributed by atoms with E-state index in [-0.39, 0.29) is 6.17 Å². The van der Waals surface area contributed by atoms with Crippen LogP contribution in [0.4, 0.5) is 0 Å². The summed E-state index contributed by atoms with van der Waals surface area (Å²) in [5, 5.41) is 3.64. The topological polar surface area (TPSA) is 24.4 Å². The van der Waals surface area contributed by atoms with Crippen LogP contribution >= 0.6 is 0 Å². The second-order valence-electron chi connectivity index (χ2n) is 13.7. The predicted octanol–water partition coefficient (Wildman–Crippen LogP) is 13.4. The monoisotopic (exact) mass is 694 g/mol. The van der Waals surface area contributed by atoms with Crippen LogP contribution in [-0.4, -0.2) is 11.9 Å². The molecule has 5 rings (SSSR count).